The van der Waals surface area contributed by atoms with E-state index >= 15 is 0 Å². The first kappa shape index (κ1) is 18.3. The van der Waals surface area contributed by atoms with Crippen LogP contribution in [0.25, 0.3) is 0 Å². The lowest BCUT2D eigenvalue weighted by atomic mass is 9.87. The third kappa shape index (κ3) is 3.55. The van der Waals surface area contributed by atoms with Crippen LogP contribution < -0.4 is 9.47 Å². The van der Waals surface area contributed by atoms with E-state index < -0.39 is 0 Å². The van der Waals surface area contributed by atoms with E-state index in [0.717, 1.165) is 23.3 Å². The van der Waals surface area contributed by atoms with Crippen LogP contribution in [0.3, 0.4) is 0 Å². The molecule has 1 aliphatic heterocycles. The largest absolute Gasteiger partial charge is 0.493 e. The van der Waals surface area contributed by atoms with Crippen LogP contribution in [0, 0.1) is 5.92 Å². The molecule has 26 heavy (non-hydrogen) atoms. The maximum absolute atomic E-state index is 12.9. The highest BCUT2D eigenvalue weighted by molar-refractivity contribution is 5.78. The number of carbonyl (C=O) groups excluding carboxylic acids is 1. The first-order valence-corrected chi connectivity index (χ1v) is 9.14. The van der Waals surface area contributed by atoms with Crippen molar-refractivity contribution in [3.05, 3.63) is 59.2 Å². The molecule has 138 valence electrons. The third-order valence-corrected chi connectivity index (χ3v) is 4.89. The number of hydrogen-bond acceptors (Lipinski definition) is 3. The second-order valence-corrected chi connectivity index (χ2v) is 7.15. The van der Waals surface area contributed by atoms with Crippen LogP contribution in [0.5, 0.6) is 11.5 Å². The minimum atomic E-state index is -0.0917. The zero-order valence-electron chi connectivity index (χ0n) is 16.0. The summed E-state index contributed by atoms with van der Waals surface area (Å²) in [5.74, 6) is 1.98. The van der Waals surface area contributed by atoms with E-state index in [-0.39, 0.29) is 11.9 Å². The molecule has 4 nitrogen and oxygen atoms in total. The van der Waals surface area contributed by atoms with Crippen LogP contribution in [0.4, 0.5) is 0 Å². The van der Waals surface area contributed by atoms with Gasteiger partial charge in [-0.25, -0.2) is 0 Å². The molecule has 0 fully saturated rings. The molecule has 2 aromatic carbocycles. The van der Waals surface area contributed by atoms with Gasteiger partial charge in [-0.3, -0.25) is 4.79 Å². The lowest BCUT2D eigenvalue weighted by Gasteiger charge is -2.38. The Bertz CT molecular complexity index is 770. The molecule has 0 N–H and O–H groups in total. The summed E-state index contributed by atoms with van der Waals surface area (Å²) in [4.78, 5) is 15.0. The fourth-order valence-electron chi connectivity index (χ4n) is 3.68. The topological polar surface area (TPSA) is 38.8 Å². The van der Waals surface area contributed by atoms with E-state index in [1.54, 1.807) is 14.2 Å². The summed E-state index contributed by atoms with van der Waals surface area (Å²) in [6.45, 7) is 4.88. The van der Waals surface area contributed by atoms with E-state index in [1.165, 1.54) is 5.56 Å². The van der Waals surface area contributed by atoms with Crippen molar-refractivity contribution in [2.75, 3.05) is 20.8 Å². The zero-order valence-corrected chi connectivity index (χ0v) is 16.0. The van der Waals surface area contributed by atoms with E-state index in [4.69, 9.17) is 9.47 Å². The predicted octanol–water partition coefficient (Wildman–Crippen LogP) is 4.22. The number of rotatable bonds is 5. The van der Waals surface area contributed by atoms with Crippen molar-refractivity contribution in [2.45, 2.75) is 32.7 Å². The van der Waals surface area contributed by atoms with Crippen molar-refractivity contribution in [1.82, 2.24) is 4.90 Å². The number of benzene rings is 2. The molecule has 0 bridgehead atoms. The standard InChI is InChI=1S/C22H27NO3/c1-15(2)12-21(24)23-11-10-17-13-19(25-3)20(26-4)14-18(17)22(23)16-8-6-5-7-9-16/h5-9,13-15,22H,10-12H2,1-4H3. The van der Waals surface area contributed by atoms with Gasteiger partial charge < -0.3 is 14.4 Å². The van der Waals surface area contributed by atoms with Gasteiger partial charge in [0.2, 0.25) is 5.91 Å². The van der Waals surface area contributed by atoms with Crippen molar-refractivity contribution in [1.29, 1.82) is 0 Å². The predicted molar refractivity (Wildman–Crippen MR) is 103 cm³/mol. The molecule has 0 aliphatic carbocycles. The van der Waals surface area contributed by atoms with Crippen molar-refractivity contribution in [3.8, 4) is 11.5 Å². The number of nitrogens with zero attached hydrogens (tertiary/aromatic N) is 1. The van der Waals surface area contributed by atoms with Gasteiger partial charge in [0.15, 0.2) is 11.5 Å². The summed E-state index contributed by atoms with van der Waals surface area (Å²) in [6.07, 6.45) is 1.38. The molecule has 2 aromatic rings. The van der Waals surface area contributed by atoms with Crippen LogP contribution in [-0.2, 0) is 11.2 Å². The molecule has 4 heteroatoms. The second kappa shape index (κ2) is 7.81. The molecule has 1 unspecified atom stereocenters. The molecule has 0 aromatic heterocycles. The average Bonchev–Trinajstić information content (AvgIpc) is 2.65. The fourth-order valence-corrected chi connectivity index (χ4v) is 3.68. The molecule has 0 spiro atoms. The Hall–Kier alpha value is -2.49. The quantitative estimate of drug-likeness (QED) is 0.808. The molecule has 0 saturated heterocycles. The Balaban J connectivity index is 2.10. The minimum Gasteiger partial charge on any atom is -0.493 e. The Labute approximate surface area is 155 Å². The van der Waals surface area contributed by atoms with Crippen LogP contribution in [-0.4, -0.2) is 31.6 Å². The Kier molecular flexibility index (Phi) is 5.50. The molecule has 1 atom stereocenters. The third-order valence-electron chi connectivity index (χ3n) is 4.89. The Morgan fingerprint density at radius 2 is 1.77 bits per heavy atom. The van der Waals surface area contributed by atoms with Crippen molar-refractivity contribution < 1.29 is 14.3 Å². The van der Waals surface area contributed by atoms with Gasteiger partial charge in [0.05, 0.1) is 20.3 Å². The minimum absolute atomic E-state index is 0.0917. The van der Waals surface area contributed by atoms with Gasteiger partial charge >= 0.3 is 0 Å². The number of ether oxygens (including phenoxy) is 2. The summed E-state index contributed by atoms with van der Waals surface area (Å²) >= 11 is 0. The number of methoxy groups -OCH3 is 2. The monoisotopic (exact) mass is 353 g/mol. The summed E-state index contributed by atoms with van der Waals surface area (Å²) in [5.41, 5.74) is 3.46. The molecular weight excluding hydrogens is 326 g/mol. The average molecular weight is 353 g/mol. The van der Waals surface area contributed by atoms with Crippen LogP contribution in [0.1, 0.15) is 43.0 Å². The van der Waals surface area contributed by atoms with Gasteiger partial charge in [0.25, 0.3) is 0 Å². The van der Waals surface area contributed by atoms with Crippen molar-refractivity contribution >= 4 is 5.91 Å². The smallest absolute Gasteiger partial charge is 0.223 e. The highest BCUT2D eigenvalue weighted by atomic mass is 16.5. The molecule has 0 radical (unpaired) electrons. The second-order valence-electron chi connectivity index (χ2n) is 7.15. The van der Waals surface area contributed by atoms with Gasteiger partial charge in [-0.1, -0.05) is 44.2 Å². The number of carbonyl (C=O) groups is 1. The molecule has 3 rings (SSSR count). The number of fused-ring (bicyclic) bond motifs is 1. The maximum atomic E-state index is 12.9. The lowest BCUT2D eigenvalue weighted by molar-refractivity contribution is -0.134. The van der Waals surface area contributed by atoms with Gasteiger partial charge in [0.1, 0.15) is 0 Å². The van der Waals surface area contributed by atoms with E-state index in [2.05, 4.69) is 26.0 Å². The van der Waals surface area contributed by atoms with Crippen LogP contribution >= 0.6 is 0 Å². The maximum Gasteiger partial charge on any atom is 0.223 e. The number of hydrogen-bond donors (Lipinski definition) is 0. The molecule has 1 heterocycles. The SMILES string of the molecule is COc1cc2c(cc1OC)C(c1ccccc1)N(C(=O)CC(C)C)CC2. The Morgan fingerprint density at radius 1 is 1.12 bits per heavy atom. The lowest BCUT2D eigenvalue weighted by Crippen LogP contribution is -2.41. The van der Waals surface area contributed by atoms with Crippen LogP contribution in [0.15, 0.2) is 42.5 Å². The summed E-state index contributed by atoms with van der Waals surface area (Å²) in [5, 5.41) is 0. The number of amides is 1. The van der Waals surface area contributed by atoms with Crippen LogP contribution in [0.2, 0.25) is 0 Å². The summed E-state index contributed by atoms with van der Waals surface area (Å²) < 4.78 is 11.0. The summed E-state index contributed by atoms with van der Waals surface area (Å²) in [6, 6.07) is 14.2. The highest BCUT2D eigenvalue weighted by Crippen LogP contribution is 2.41. The first-order chi connectivity index (χ1) is 12.5. The Morgan fingerprint density at radius 3 is 2.38 bits per heavy atom. The normalized spacial score (nSPS) is 16.3. The summed E-state index contributed by atoms with van der Waals surface area (Å²) in [7, 11) is 3.30. The molecule has 0 saturated carbocycles. The van der Waals surface area contributed by atoms with Gasteiger partial charge in [-0.05, 0) is 41.2 Å². The molecule has 1 amide bonds. The fraction of sp³-hybridized carbons (Fsp3) is 0.409. The van der Waals surface area contributed by atoms with Gasteiger partial charge in [-0.15, -0.1) is 0 Å². The molecule has 1 aliphatic rings. The van der Waals surface area contributed by atoms with E-state index in [1.807, 2.05) is 35.2 Å². The zero-order chi connectivity index (χ0) is 18.7. The van der Waals surface area contributed by atoms with Crippen molar-refractivity contribution in [2.24, 2.45) is 5.92 Å². The van der Waals surface area contributed by atoms with Gasteiger partial charge in [-0.2, -0.15) is 0 Å². The van der Waals surface area contributed by atoms with Gasteiger partial charge in [0, 0.05) is 13.0 Å². The van der Waals surface area contributed by atoms with Crippen molar-refractivity contribution in [3.63, 3.8) is 0 Å². The van der Waals surface area contributed by atoms with E-state index in [9.17, 15) is 4.79 Å². The van der Waals surface area contributed by atoms with E-state index in [0.29, 0.717) is 24.6 Å². The first-order valence-electron chi connectivity index (χ1n) is 9.14. The highest BCUT2D eigenvalue weighted by Gasteiger charge is 2.33. The molecular formula is C22H27NO3.